The molecule has 1 amide bonds. The average molecular weight is 245 g/mol. The third kappa shape index (κ3) is 5.65. The van der Waals surface area contributed by atoms with Crippen molar-refractivity contribution in [2.24, 2.45) is 0 Å². The van der Waals surface area contributed by atoms with E-state index in [-0.39, 0.29) is 5.91 Å². The Kier molecular flexibility index (Phi) is 5.38. The van der Waals surface area contributed by atoms with Crippen LogP contribution in [0.1, 0.15) is 18.1 Å². The summed E-state index contributed by atoms with van der Waals surface area (Å²) < 4.78 is 0. The monoisotopic (exact) mass is 245 g/mol. The number of carboxylic acid groups (broad SMARTS) is 1. The van der Waals surface area contributed by atoms with Crippen LogP contribution < -0.4 is 5.32 Å². The van der Waals surface area contributed by atoms with Crippen LogP contribution in [0.25, 0.3) is 12.2 Å². The molecule has 0 saturated heterocycles. The van der Waals surface area contributed by atoms with E-state index in [1.165, 1.54) is 13.0 Å². The Labute approximate surface area is 106 Å². The van der Waals surface area contributed by atoms with Gasteiger partial charge < -0.3 is 10.4 Å². The molecule has 0 radical (unpaired) electrons. The Morgan fingerprint density at radius 3 is 2.22 bits per heavy atom. The molecule has 1 aromatic rings. The van der Waals surface area contributed by atoms with Crippen LogP contribution in [-0.2, 0) is 9.59 Å². The lowest BCUT2D eigenvalue weighted by Crippen LogP contribution is -2.19. The average Bonchev–Trinajstić information content (AvgIpc) is 2.33. The summed E-state index contributed by atoms with van der Waals surface area (Å²) in [6.07, 6.45) is 6.37. The molecule has 1 rings (SSSR count). The Balaban J connectivity index is 2.55. The second-order valence-corrected chi connectivity index (χ2v) is 3.68. The summed E-state index contributed by atoms with van der Waals surface area (Å²) in [7, 11) is 0. The van der Waals surface area contributed by atoms with E-state index < -0.39 is 5.97 Å². The number of nitrogens with one attached hydrogen (secondary N) is 1. The van der Waals surface area contributed by atoms with E-state index in [1.54, 1.807) is 0 Å². The van der Waals surface area contributed by atoms with Crippen molar-refractivity contribution in [3.8, 4) is 0 Å². The second kappa shape index (κ2) is 7.06. The highest BCUT2D eigenvalue weighted by Gasteiger charge is 1.91. The summed E-state index contributed by atoms with van der Waals surface area (Å²) in [4.78, 5) is 21.0. The molecule has 0 fully saturated rings. The van der Waals surface area contributed by atoms with E-state index in [0.29, 0.717) is 6.54 Å². The van der Waals surface area contributed by atoms with Gasteiger partial charge in [0.1, 0.15) is 0 Å². The zero-order valence-corrected chi connectivity index (χ0v) is 10.1. The molecule has 0 saturated carbocycles. The Hall–Kier alpha value is -2.36. The van der Waals surface area contributed by atoms with Crippen LogP contribution >= 0.6 is 0 Å². The molecular formula is C14H15NO3. The molecule has 0 heterocycles. The quantitative estimate of drug-likeness (QED) is 0.779. The van der Waals surface area contributed by atoms with Crippen molar-refractivity contribution in [1.29, 1.82) is 0 Å². The maximum absolute atomic E-state index is 10.6. The van der Waals surface area contributed by atoms with Crippen LogP contribution in [0.5, 0.6) is 0 Å². The molecule has 0 aliphatic carbocycles. The fraction of sp³-hybridized carbons (Fsp3) is 0.143. The predicted octanol–water partition coefficient (Wildman–Crippen LogP) is 1.93. The summed E-state index contributed by atoms with van der Waals surface area (Å²) in [5.41, 5.74) is 1.82. The van der Waals surface area contributed by atoms with Gasteiger partial charge in [0, 0.05) is 19.5 Å². The molecule has 0 spiro atoms. The third-order valence-corrected chi connectivity index (χ3v) is 2.13. The Morgan fingerprint density at radius 1 is 1.17 bits per heavy atom. The maximum Gasteiger partial charge on any atom is 0.328 e. The minimum atomic E-state index is -0.964. The molecular weight excluding hydrogens is 230 g/mol. The summed E-state index contributed by atoms with van der Waals surface area (Å²) in [6.45, 7) is 1.97. The highest BCUT2D eigenvalue weighted by atomic mass is 16.4. The molecule has 4 nitrogen and oxygen atoms in total. The van der Waals surface area contributed by atoms with Crippen LogP contribution in [0.15, 0.2) is 36.4 Å². The predicted molar refractivity (Wildman–Crippen MR) is 70.8 cm³/mol. The van der Waals surface area contributed by atoms with Crippen LogP contribution in [0.3, 0.4) is 0 Å². The lowest BCUT2D eigenvalue weighted by molar-refractivity contribution is -0.131. The van der Waals surface area contributed by atoms with Gasteiger partial charge in [-0.15, -0.1) is 0 Å². The lowest BCUT2D eigenvalue weighted by Gasteiger charge is -1.97. The van der Waals surface area contributed by atoms with Crippen LogP contribution in [0, 0.1) is 0 Å². The van der Waals surface area contributed by atoms with Crippen molar-refractivity contribution in [3.05, 3.63) is 47.5 Å². The largest absolute Gasteiger partial charge is 0.478 e. The maximum atomic E-state index is 10.6. The van der Waals surface area contributed by atoms with Crippen LogP contribution in [-0.4, -0.2) is 23.5 Å². The molecule has 0 aliphatic heterocycles. The van der Waals surface area contributed by atoms with Gasteiger partial charge in [-0.1, -0.05) is 36.4 Å². The number of hydrogen-bond acceptors (Lipinski definition) is 2. The zero-order chi connectivity index (χ0) is 13.4. The molecule has 0 bridgehead atoms. The highest BCUT2D eigenvalue weighted by molar-refractivity contribution is 5.85. The number of amides is 1. The number of hydrogen-bond donors (Lipinski definition) is 2. The first-order valence-corrected chi connectivity index (χ1v) is 5.50. The van der Waals surface area contributed by atoms with Gasteiger partial charge in [-0.2, -0.15) is 0 Å². The Morgan fingerprint density at radius 2 is 1.72 bits per heavy atom. The lowest BCUT2D eigenvalue weighted by atomic mass is 10.1. The van der Waals surface area contributed by atoms with E-state index >= 15 is 0 Å². The van der Waals surface area contributed by atoms with Crippen molar-refractivity contribution in [1.82, 2.24) is 5.32 Å². The first kappa shape index (κ1) is 13.7. The standard InChI is InChI=1S/C14H15NO3/c1-11(16)15-10-2-3-12-4-6-13(7-5-12)8-9-14(17)18/h2-9H,10H2,1H3,(H,15,16)(H,17,18)/b3-2?,9-8+. The number of rotatable bonds is 5. The topological polar surface area (TPSA) is 66.4 Å². The van der Waals surface area contributed by atoms with Gasteiger partial charge in [-0.05, 0) is 17.2 Å². The van der Waals surface area contributed by atoms with Gasteiger partial charge in [-0.3, -0.25) is 4.79 Å². The summed E-state index contributed by atoms with van der Waals surface area (Å²) in [6, 6.07) is 7.42. The SMILES string of the molecule is CC(=O)NCC=Cc1ccc(/C=C/C(=O)O)cc1. The summed E-state index contributed by atoms with van der Waals surface area (Å²) in [5.74, 6) is -1.02. The fourth-order valence-electron chi connectivity index (χ4n) is 1.28. The van der Waals surface area contributed by atoms with Gasteiger partial charge in [0.15, 0.2) is 0 Å². The zero-order valence-electron chi connectivity index (χ0n) is 10.1. The van der Waals surface area contributed by atoms with Crippen molar-refractivity contribution < 1.29 is 14.7 Å². The van der Waals surface area contributed by atoms with Crippen LogP contribution in [0.2, 0.25) is 0 Å². The minimum absolute atomic E-state index is 0.0613. The number of carboxylic acids is 1. The molecule has 2 N–H and O–H groups in total. The van der Waals surface area contributed by atoms with Crippen molar-refractivity contribution in [3.63, 3.8) is 0 Å². The molecule has 1 aromatic carbocycles. The summed E-state index contributed by atoms with van der Waals surface area (Å²) in [5, 5.41) is 11.1. The molecule has 18 heavy (non-hydrogen) atoms. The van der Waals surface area contributed by atoms with Gasteiger partial charge in [0.2, 0.25) is 5.91 Å². The van der Waals surface area contributed by atoms with Gasteiger partial charge in [-0.25, -0.2) is 4.79 Å². The van der Waals surface area contributed by atoms with E-state index in [2.05, 4.69) is 5.32 Å². The molecule has 0 atom stereocenters. The molecule has 94 valence electrons. The van der Waals surface area contributed by atoms with E-state index in [9.17, 15) is 9.59 Å². The van der Waals surface area contributed by atoms with Gasteiger partial charge in [0.25, 0.3) is 0 Å². The number of carbonyl (C=O) groups is 2. The van der Waals surface area contributed by atoms with E-state index in [1.807, 2.05) is 36.4 Å². The van der Waals surface area contributed by atoms with Crippen molar-refractivity contribution >= 4 is 24.0 Å². The highest BCUT2D eigenvalue weighted by Crippen LogP contribution is 2.07. The number of carbonyl (C=O) groups excluding carboxylic acids is 1. The van der Waals surface area contributed by atoms with E-state index in [4.69, 9.17) is 5.11 Å². The normalized spacial score (nSPS) is 10.9. The van der Waals surface area contributed by atoms with Crippen molar-refractivity contribution in [2.75, 3.05) is 6.54 Å². The molecule has 0 aromatic heterocycles. The Bertz CT molecular complexity index is 472. The second-order valence-electron chi connectivity index (χ2n) is 3.68. The molecule has 4 heteroatoms. The molecule has 0 unspecified atom stereocenters. The minimum Gasteiger partial charge on any atom is -0.478 e. The van der Waals surface area contributed by atoms with Gasteiger partial charge in [0.05, 0.1) is 0 Å². The van der Waals surface area contributed by atoms with Gasteiger partial charge >= 0.3 is 5.97 Å². The smallest absolute Gasteiger partial charge is 0.328 e. The third-order valence-electron chi connectivity index (χ3n) is 2.13. The summed E-state index contributed by atoms with van der Waals surface area (Å²) >= 11 is 0. The van der Waals surface area contributed by atoms with Crippen molar-refractivity contribution in [2.45, 2.75) is 6.92 Å². The first-order chi connectivity index (χ1) is 8.58. The fourth-order valence-corrected chi connectivity index (χ4v) is 1.28. The number of aliphatic carboxylic acids is 1. The van der Waals surface area contributed by atoms with Crippen LogP contribution in [0.4, 0.5) is 0 Å². The first-order valence-electron chi connectivity index (χ1n) is 5.50. The number of benzene rings is 1. The molecule has 0 aliphatic rings. The van der Waals surface area contributed by atoms with E-state index in [0.717, 1.165) is 17.2 Å².